The van der Waals surface area contributed by atoms with Crippen molar-refractivity contribution in [1.82, 2.24) is 9.78 Å². The van der Waals surface area contributed by atoms with Crippen molar-refractivity contribution in [2.24, 2.45) is 11.1 Å². The van der Waals surface area contributed by atoms with Gasteiger partial charge in [0.25, 0.3) is 5.91 Å². The predicted molar refractivity (Wildman–Crippen MR) is 91.9 cm³/mol. The molecule has 26 heavy (non-hydrogen) atoms. The van der Waals surface area contributed by atoms with Crippen LogP contribution in [-0.4, -0.2) is 21.9 Å². The predicted octanol–water partition coefficient (Wildman–Crippen LogP) is 3.46. The minimum atomic E-state index is -1.03. The van der Waals surface area contributed by atoms with Gasteiger partial charge in [0.1, 0.15) is 17.6 Å². The molecule has 0 saturated heterocycles. The van der Waals surface area contributed by atoms with E-state index in [1.54, 1.807) is 6.92 Å². The molecule has 1 saturated carbocycles. The third-order valence-electron chi connectivity index (χ3n) is 4.87. The zero-order valence-corrected chi connectivity index (χ0v) is 14.2. The molecule has 0 unspecified atom stereocenters. The van der Waals surface area contributed by atoms with Crippen LogP contribution in [0.5, 0.6) is 0 Å². The lowest BCUT2D eigenvalue weighted by Crippen LogP contribution is -2.36. The maximum Gasteiger partial charge on any atom is 0.254 e. The molecular weight excluding hydrogens is 340 g/mol. The number of nitrogens with one attached hydrogen (secondary N) is 1. The molecule has 136 valence electrons. The third-order valence-corrected chi connectivity index (χ3v) is 4.87. The average molecular weight is 359 g/mol. The molecule has 3 atom stereocenters. The van der Waals surface area contributed by atoms with Gasteiger partial charge < -0.3 is 11.1 Å². The number of hydrogen-bond donors (Lipinski definition) is 2. The molecule has 1 amide bonds. The van der Waals surface area contributed by atoms with Crippen LogP contribution in [0.25, 0.3) is 0 Å². The molecule has 1 aromatic carbocycles. The fourth-order valence-electron chi connectivity index (χ4n) is 3.27. The second-order valence-electron chi connectivity index (χ2n) is 6.78. The SMILES string of the molecule is C[C@]1(C#N)CC[C@H](F)C[C@@H]1n1cc(C(N)=O)c(Nc2ccc(F)cc2)n1. The molecule has 0 radical (unpaired) electrons. The summed E-state index contributed by atoms with van der Waals surface area (Å²) in [5.74, 6) is -0.908. The van der Waals surface area contributed by atoms with Gasteiger partial charge in [0.15, 0.2) is 5.82 Å². The van der Waals surface area contributed by atoms with Gasteiger partial charge in [0, 0.05) is 18.3 Å². The Kier molecular flexibility index (Phi) is 4.64. The van der Waals surface area contributed by atoms with E-state index in [1.165, 1.54) is 35.1 Å². The maximum absolute atomic E-state index is 14.0. The average Bonchev–Trinajstić information content (AvgIpc) is 3.03. The van der Waals surface area contributed by atoms with Gasteiger partial charge in [-0.1, -0.05) is 0 Å². The van der Waals surface area contributed by atoms with E-state index < -0.39 is 29.4 Å². The summed E-state index contributed by atoms with van der Waals surface area (Å²) in [7, 11) is 0. The Morgan fingerprint density at radius 2 is 2.15 bits per heavy atom. The topological polar surface area (TPSA) is 96.7 Å². The van der Waals surface area contributed by atoms with E-state index in [2.05, 4.69) is 16.5 Å². The van der Waals surface area contributed by atoms with Crippen LogP contribution in [0.15, 0.2) is 30.5 Å². The van der Waals surface area contributed by atoms with Gasteiger partial charge in [0.05, 0.1) is 17.5 Å². The summed E-state index contributed by atoms with van der Waals surface area (Å²) in [6.45, 7) is 1.77. The number of benzene rings is 1. The fraction of sp³-hybridized carbons (Fsp3) is 0.389. The fourth-order valence-corrected chi connectivity index (χ4v) is 3.27. The Morgan fingerprint density at radius 3 is 2.77 bits per heavy atom. The highest BCUT2D eigenvalue weighted by molar-refractivity contribution is 5.98. The smallest absolute Gasteiger partial charge is 0.254 e. The lowest BCUT2D eigenvalue weighted by molar-refractivity contribution is 0.0992. The van der Waals surface area contributed by atoms with Crippen LogP contribution in [0.4, 0.5) is 20.3 Å². The van der Waals surface area contributed by atoms with Crippen molar-refractivity contribution in [2.45, 2.75) is 38.4 Å². The highest BCUT2D eigenvalue weighted by atomic mass is 19.1. The number of aromatic nitrogens is 2. The number of carbonyl (C=O) groups is 1. The second kappa shape index (κ2) is 6.75. The van der Waals surface area contributed by atoms with E-state index in [0.29, 0.717) is 18.5 Å². The van der Waals surface area contributed by atoms with Crippen LogP contribution < -0.4 is 11.1 Å². The van der Waals surface area contributed by atoms with Gasteiger partial charge in [-0.05, 0) is 44.0 Å². The van der Waals surface area contributed by atoms with Crippen molar-refractivity contribution in [3.63, 3.8) is 0 Å². The molecule has 2 aromatic rings. The number of nitrogens with two attached hydrogens (primary N) is 1. The number of alkyl halides is 1. The van der Waals surface area contributed by atoms with E-state index >= 15 is 0 Å². The zero-order valence-electron chi connectivity index (χ0n) is 14.2. The van der Waals surface area contributed by atoms with Gasteiger partial charge in [0.2, 0.25) is 0 Å². The van der Waals surface area contributed by atoms with Crippen LogP contribution in [0, 0.1) is 22.6 Å². The standard InChI is InChI=1S/C18H19F2N5O/c1-18(10-21)7-6-12(20)8-15(18)25-9-14(16(22)26)17(24-25)23-13-4-2-11(19)3-5-13/h2-5,9,12,15H,6-8H2,1H3,(H2,22,26)(H,23,24)/t12-,15-,18+/m0/s1. The number of primary amides is 1. The molecule has 6 nitrogen and oxygen atoms in total. The van der Waals surface area contributed by atoms with E-state index in [0.717, 1.165) is 0 Å². The van der Waals surface area contributed by atoms with Gasteiger partial charge in [-0.25, -0.2) is 8.78 Å². The molecule has 1 aromatic heterocycles. The van der Waals surface area contributed by atoms with Gasteiger partial charge in [-0.3, -0.25) is 9.48 Å². The summed E-state index contributed by atoms with van der Waals surface area (Å²) in [5.41, 5.74) is 5.28. The Bertz CT molecular complexity index is 857. The normalized spacial score (nSPS) is 25.5. The largest absolute Gasteiger partial charge is 0.365 e. The number of carbonyl (C=O) groups excluding carboxylic acids is 1. The first-order chi connectivity index (χ1) is 12.3. The Hall–Kier alpha value is -2.95. The highest BCUT2D eigenvalue weighted by Crippen LogP contribution is 2.44. The van der Waals surface area contributed by atoms with E-state index in [9.17, 15) is 18.8 Å². The molecular formula is C18H19F2N5O. The highest BCUT2D eigenvalue weighted by Gasteiger charge is 2.42. The summed E-state index contributed by atoms with van der Waals surface area (Å²) in [5, 5.41) is 16.8. The number of rotatable bonds is 4. The van der Waals surface area contributed by atoms with Crippen LogP contribution >= 0.6 is 0 Å². The number of nitrogens with zero attached hydrogens (tertiary/aromatic N) is 3. The Balaban J connectivity index is 1.97. The zero-order chi connectivity index (χ0) is 18.9. The minimum Gasteiger partial charge on any atom is -0.365 e. The summed E-state index contributed by atoms with van der Waals surface area (Å²) >= 11 is 0. The summed E-state index contributed by atoms with van der Waals surface area (Å²) in [4.78, 5) is 11.8. The maximum atomic E-state index is 14.0. The molecule has 3 N–H and O–H groups in total. The molecule has 3 rings (SSSR count). The summed E-state index contributed by atoms with van der Waals surface area (Å²) < 4.78 is 28.5. The molecule has 1 aliphatic rings. The van der Waals surface area contributed by atoms with Crippen LogP contribution in [0.3, 0.4) is 0 Å². The number of halogens is 2. The first-order valence-electron chi connectivity index (χ1n) is 8.29. The molecule has 8 heteroatoms. The molecule has 1 fully saturated rings. The Labute approximate surface area is 149 Å². The van der Waals surface area contributed by atoms with Crippen LogP contribution in [0.2, 0.25) is 0 Å². The quantitative estimate of drug-likeness (QED) is 0.874. The van der Waals surface area contributed by atoms with Crippen molar-refractivity contribution in [2.75, 3.05) is 5.32 Å². The van der Waals surface area contributed by atoms with E-state index in [1.807, 2.05) is 0 Å². The number of hydrogen-bond acceptors (Lipinski definition) is 4. The van der Waals surface area contributed by atoms with Gasteiger partial charge in [-0.2, -0.15) is 10.4 Å². The van der Waals surface area contributed by atoms with Crippen LogP contribution in [0.1, 0.15) is 42.6 Å². The van der Waals surface area contributed by atoms with Crippen molar-refractivity contribution < 1.29 is 13.6 Å². The van der Waals surface area contributed by atoms with Crippen molar-refractivity contribution in [3.05, 3.63) is 41.8 Å². The first-order valence-corrected chi connectivity index (χ1v) is 8.29. The molecule has 1 aliphatic carbocycles. The monoisotopic (exact) mass is 359 g/mol. The molecule has 1 heterocycles. The lowest BCUT2D eigenvalue weighted by Gasteiger charge is -2.37. The molecule has 0 aliphatic heterocycles. The minimum absolute atomic E-state index is 0.121. The number of nitriles is 1. The van der Waals surface area contributed by atoms with Gasteiger partial charge in [-0.15, -0.1) is 0 Å². The van der Waals surface area contributed by atoms with E-state index in [-0.39, 0.29) is 17.8 Å². The summed E-state index contributed by atoms with van der Waals surface area (Å²) in [6.07, 6.45) is 1.27. The Morgan fingerprint density at radius 1 is 1.46 bits per heavy atom. The lowest BCUT2D eigenvalue weighted by atomic mass is 9.72. The molecule has 0 bridgehead atoms. The molecule has 0 spiro atoms. The van der Waals surface area contributed by atoms with Gasteiger partial charge >= 0.3 is 0 Å². The van der Waals surface area contributed by atoms with E-state index in [4.69, 9.17) is 5.73 Å². The summed E-state index contributed by atoms with van der Waals surface area (Å²) in [6, 6.07) is 7.27. The number of amides is 1. The number of anilines is 2. The second-order valence-corrected chi connectivity index (χ2v) is 6.78. The van der Waals surface area contributed by atoms with Crippen LogP contribution in [-0.2, 0) is 0 Å². The first kappa shape index (κ1) is 17.9. The van der Waals surface area contributed by atoms with Crippen molar-refractivity contribution in [1.29, 1.82) is 5.26 Å². The third kappa shape index (κ3) is 3.38. The van der Waals surface area contributed by atoms with Crippen molar-refractivity contribution in [3.8, 4) is 6.07 Å². The van der Waals surface area contributed by atoms with Crippen molar-refractivity contribution >= 4 is 17.4 Å².